The molecule has 1 rings (SSSR count). The Morgan fingerprint density at radius 2 is 2.07 bits per heavy atom. The normalized spacial score (nSPS) is 13.9. The van der Waals surface area contributed by atoms with Crippen LogP contribution in [-0.4, -0.2) is 23.4 Å². The zero-order valence-corrected chi connectivity index (χ0v) is 9.14. The van der Waals surface area contributed by atoms with Crippen molar-refractivity contribution in [3.8, 4) is 0 Å². The maximum absolute atomic E-state index is 11.1. The van der Waals surface area contributed by atoms with Crippen LogP contribution >= 0.6 is 0 Å². The molecule has 0 saturated carbocycles. The first-order chi connectivity index (χ1) is 6.38. The van der Waals surface area contributed by atoms with E-state index in [0.29, 0.717) is 10.5 Å². The van der Waals surface area contributed by atoms with Gasteiger partial charge in [-0.3, -0.25) is 8.76 Å². The summed E-state index contributed by atoms with van der Waals surface area (Å²) in [4.78, 5) is 0.547. The Hall–Kier alpha value is -0.720. The van der Waals surface area contributed by atoms with E-state index in [1.54, 1.807) is 18.2 Å². The van der Waals surface area contributed by atoms with Crippen LogP contribution < -0.4 is 0 Å². The molecule has 0 aliphatic carbocycles. The molecule has 0 unspecified atom stereocenters. The van der Waals surface area contributed by atoms with Gasteiger partial charge in [0.25, 0.3) is 10.1 Å². The van der Waals surface area contributed by atoms with Gasteiger partial charge in [0, 0.05) is 22.0 Å². The predicted molar refractivity (Wildman–Crippen MR) is 54.0 cm³/mol. The number of rotatable bonds is 3. The maximum atomic E-state index is 11.1. The summed E-state index contributed by atoms with van der Waals surface area (Å²) in [6.07, 6.45) is 1.51. The first-order valence-corrected chi connectivity index (χ1v) is 6.93. The molecule has 6 heteroatoms. The molecule has 1 aromatic carbocycles. The lowest BCUT2D eigenvalue weighted by Gasteiger charge is -2.00. The van der Waals surface area contributed by atoms with Gasteiger partial charge in [0.2, 0.25) is 0 Å². The summed E-state index contributed by atoms with van der Waals surface area (Å²) in [6.45, 7) is 0. The Morgan fingerprint density at radius 1 is 1.43 bits per heavy atom. The first-order valence-electron chi connectivity index (χ1n) is 3.76. The van der Waals surface area contributed by atoms with E-state index in [1.165, 1.54) is 12.3 Å². The van der Waals surface area contributed by atoms with E-state index in [-0.39, 0.29) is 0 Å². The minimum absolute atomic E-state index is 0.431. The van der Waals surface area contributed by atoms with Gasteiger partial charge in [-0.15, -0.1) is 0 Å². The summed E-state index contributed by atoms with van der Waals surface area (Å²) in [5, 5.41) is 0. The molecule has 14 heavy (non-hydrogen) atoms. The fourth-order valence-electron chi connectivity index (χ4n) is 1.02. The molecule has 0 spiro atoms. The first kappa shape index (κ1) is 11.4. The van der Waals surface area contributed by atoms with Gasteiger partial charge in [-0.1, -0.05) is 12.1 Å². The monoisotopic (exact) mass is 234 g/mol. The zero-order valence-electron chi connectivity index (χ0n) is 7.50. The smallest absolute Gasteiger partial charge is 0.269 e. The van der Waals surface area contributed by atoms with Crippen molar-refractivity contribution in [2.75, 3.05) is 6.26 Å². The number of hydrogen-bond donors (Lipinski definition) is 1. The van der Waals surface area contributed by atoms with Crippen LogP contribution in [0.3, 0.4) is 0 Å². The molecule has 0 fully saturated rings. The van der Waals surface area contributed by atoms with Crippen molar-refractivity contribution in [1.82, 2.24) is 0 Å². The molecule has 0 amide bonds. The van der Waals surface area contributed by atoms with Crippen LogP contribution in [0.2, 0.25) is 0 Å². The fraction of sp³-hybridized carbons (Fsp3) is 0.250. The molecule has 0 heterocycles. The van der Waals surface area contributed by atoms with E-state index in [9.17, 15) is 12.6 Å². The maximum Gasteiger partial charge on any atom is 0.269 e. The molecule has 4 nitrogen and oxygen atoms in total. The molecular weight excluding hydrogens is 224 g/mol. The Kier molecular flexibility index (Phi) is 3.41. The Morgan fingerprint density at radius 3 is 2.57 bits per heavy atom. The lowest BCUT2D eigenvalue weighted by molar-refractivity contribution is 0.482. The van der Waals surface area contributed by atoms with Crippen LogP contribution in [0.5, 0.6) is 0 Å². The van der Waals surface area contributed by atoms with E-state index in [2.05, 4.69) is 0 Å². The van der Waals surface area contributed by atoms with Gasteiger partial charge >= 0.3 is 0 Å². The summed E-state index contributed by atoms with van der Waals surface area (Å²) in [6, 6.07) is 6.31. The minimum Gasteiger partial charge on any atom is -0.285 e. The molecule has 0 aliphatic rings. The number of hydrogen-bond acceptors (Lipinski definition) is 3. The third-order valence-electron chi connectivity index (χ3n) is 1.58. The van der Waals surface area contributed by atoms with Crippen LogP contribution in [0.25, 0.3) is 0 Å². The molecule has 0 aromatic heterocycles. The van der Waals surface area contributed by atoms with Gasteiger partial charge in [-0.25, -0.2) is 0 Å². The molecule has 1 aromatic rings. The van der Waals surface area contributed by atoms with Gasteiger partial charge in [0.1, 0.15) is 5.75 Å². The molecular formula is C8H10O4S2. The topological polar surface area (TPSA) is 71.4 Å². The van der Waals surface area contributed by atoms with Crippen molar-refractivity contribution < 1.29 is 17.2 Å². The van der Waals surface area contributed by atoms with E-state index in [1.807, 2.05) is 0 Å². The molecule has 1 N–H and O–H groups in total. The average molecular weight is 234 g/mol. The highest BCUT2D eigenvalue weighted by Gasteiger charge is 2.07. The Balaban J connectivity index is 3.01. The average Bonchev–Trinajstić information content (AvgIpc) is 2.01. The van der Waals surface area contributed by atoms with Gasteiger partial charge in [0.05, 0.1) is 0 Å². The lowest BCUT2D eigenvalue weighted by Crippen LogP contribution is -2.02. The van der Waals surface area contributed by atoms with Crippen LogP contribution in [0, 0.1) is 0 Å². The highest BCUT2D eigenvalue weighted by molar-refractivity contribution is 7.85. The molecule has 0 radical (unpaired) electrons. The van der Waals surface area contributed by atoms with Crippen LogP contribution in [0.1, 0.15) is 5.56 Å². The Bertz CT molecular complexity index is 450. The van der Waals surface area contributed by atoms with Crippen molar-refractivity contribution in [2.45, 2.75) is 10.6 Å². The SMILES string of the molecule is C[S@@](=O)c1cccc(CS(=O)(=O)O)c1. The van der Waals surface area contributed by atoms with Gasteiger partial charge in [-0.2, -0.15) is 8.42 Å². The molecule has 0 aliphatic heterocycles. The van der Waals surface area contributed by atoms with Gasteiger partial charge in [0.15, 0.2) is 0 Å². The Labute approximate surface area is 85.2 Å². The van der Waals surface area contributed by atoms with Crippen LogP contribution in [0.15, 0.2) is 29.2 Å². The summed E-state index contributed by atoms with van der Waals surface area (Å²) >= 11 is 0. The van der Waals surface area contributed by atoms with E-state index >= 15 is 0 Å². The van der Waals surface area contributed by atoms with Crippen LogP contribution in [0.4, 0.5) is 0 Å². The standard InChI is InChI=1S/C8H10O4S2/c1-13(9)8-4-2-3-7(5-8)6-14(10,11)12/h2-5H,6H2,1H3,(H,10,11,12)/t13-/m1/s1. The van der Waals surface area contributed by atoms with E-state index in [0.717, 1.165) is 0 Å². The van der Waals surface area contributed by atoms with Crippen molar-refractivity contribution in [3.05, 3.63) is 29.8 Å². The van der Waals surface area contributed by atoms with Crippen molar-refractivity contribution in [2.24, 2.45) is 0 Å². The fourth-order valence-corrected chi connectivity index (χ4v) is 2.21. The van der Waals surface area contributed by atoms with E-state index in [4.69, 9.17) is 4.55 Å². The molecule has 1 atom stereocenters. The summed E-state index contributed by atoms with van der Waals surface area (Å²) in [5.74, 6) is -0.446. The van der Waals surface area contributed by atoms with Gasteiger partial charge in [-0.05, 0) is 17.7 Å². The summed E-state index contributed by atoms with van der Waals surface area (Å²) in [5.41, 5.74) is 0.431. The third-order valence-corrected chi connectivity index (χ3v) is 3.20. The van der Waals surface area contributed by atoms with Gasteiger partial charge < -0.3 is 0 Å². The second-order valence-electron chi connectivity index (χ2n) is 2.83. The quantitative estimate of drug-likeness (QED) is 0.786. The third kappa shape index (κ3) is 3.57. The van der Waals surface area contributed by atoms with Crippen molar-refractivity contribution in [1.29, 1.82) is 0 Å². The molecule has 0 bridgehead atoms. The second-order valence-corrected chi connectivity index (χ2v) is 5.66. The summed E-state index contributed by atoms with van der Waals surface area (Å²) < 4.78 is 40.8. The minimum atomic E-state index is -4.02. The highest BCUT2D eigenvalue weighted by atomic mass is 32.2. The summed E-state index contributed by atoms with van der Waals surface area (Å²) in [7, 11) is -5.16. The largest absolute Gasteiger partial charge is 0.285 e. The van der Waals surface area contributed by atoms with Crippen LogP contribution in [-0.2, 0) is 26.7 Å². The molecule has 78 valence electrons. The zero-order chi connectivity index (χ0) is 10.8. The van der Waals surface area contributed by atoms with Crippen molar-refractivity contribution in [3.63, 3.8) is 0 Å². The lowest BCUT2D eigenvalue weighted by atomic mass is 10.2. The second kappa shape index (κ2) is 4.20. The molecule has 0 saturated heterocycles. The highest BCUT2D eigenvalue weighted by Crippen LogP contribution is 2.10. The van der Waals surface area contributed by atoms with Crippen molar-refractivity contribution >= 4 is 20.9 Å². The number of benzene rings is 1. The van der Waals surface area contributed by atoms with E-state index < -0.39 is 26.7 Å². The predicted octanol–water partition coefficient (Wildman–Crippen LogP) is 0.812.